The molecular formula is C25H62O2Si5. The molecule has 7 heteroatoms. The van der Waals surface area contributed by atoms with Gasteiger partial charge in [0, 0.05) is 20.5 Å². The highest BCUT2D eigenvalue weighted by Gasteiger charge is 2.22. The van der Waals surface area contributed by atoms with Crippen LogP contribution in [0.1, 0.15) is 52.9 Å². The van der Waals surface area contributed by atoms with Crippen molar-refractivity contribution in [3.05, 3.63) is 49.1 Å². The van der Waals surface area contributed by atoms with Crippen molar-refractivity contribution in [1.82, 2.24) is 0 Å². The van der Waals surface area contributed by atoms with Gasteiger partial charge in [-0.2, -0.15) is 0 Å². The first-order valence-corrected chi connectivity index (χ1v) is 24.5. The lowest BCUT2D eigenvalue weighted by Crippen LogP contribution is -2.34. The Morgan fingerprint density at radius 2 is 1.12 bits per heavy atom. The highest BCUT2D eigenvalue weighted by atomic mass is 28.4. The van der Waals surface area contributed by atoms with Gasteiger partial charge in [0.1, 0.15) is 0 Å². The molecule has 0 amide bonds. The molecule has 0 atom stereocenters. The lowest BCUT2D eigenvalue weighted by atomic mass is 10.3. The molecule has 194 valence electrons. The number of rotatable bonds is 11. The summed E-state index contributed by atoms with van der Waals surface area (Å²) in [7, 11) is 1.07. The highest BCUT2D eigenvalue weighted by molar-refractivity contribution is 6.72. The first-order valence-electron chi connectivity index (χ1n) is 12.9. The maximum atomic E-state index is 5.29. The standard InChI is InChI=1S/C6H18O2Si2.2C6H14Si.C6H10.CH6Si/c1-9(2,3)7-8-10(4,5)6;2*1-2-3-4-5-6-7;1-3-5-6-4-2;1-2/h1-6H3;4-5H,2-3,6H2,1,7H3;3-4H,2,5-6H2,1,7H3;3,5-6H,1,4H2,2H3;1-2H3. The Kier molecular flexibility index (Phi) is 46.8. The van der Waals surface area contributed by atoms with Crippen molar-refractivity contribution in [1.29, 1.82) is 0 Å². The van der Waals surface area contributed by atoms with Crippen molar-refractivity contribution in [3.63, 3.8) is 0 Å². The van der Waals surface area contributed by atoms with E-state index in [0.717, 1.165) is 6.42 Å². The molecule has 0 saturated heterocycles. The molecule has 0 aliphatic heterocycles. The van der Waals surface area contributed by atoms with E-state index in [2.05, 4.69) is 104 Å². The van der Waals surface area contributed by atoms with E-state index < -0.39 is 16.6 Å². The molecule has 0 aromatic rings. The van der Waals surface area contributed by atoms with Gasteiger partial charge in [-0.05, 0) is 81.3 Å². The molecule has 2 nitrogen and oxygen atoms in total. The topological polar surface area (TPSA) is 18.5 Å². The van der Waals surface area contributed by atoms with Gasteiger partial charge in [0.25, 0.3) is 0 Å². The van der Waals surface area contributed by atoms with Crippen LogP contribution >= 0.6 is 0 Å². The van der Waals surface area contributed by atoms with Crippen LogP contribution in [0.2, 0.25) is 57.9 Å². The van der Waals surface area contributed by atoms with Gasteiger partial charge < -0.3 is 0 Å². The summed E-state index contributed by atoms with van der Waals surface area (Å²) in [6, 6.07) is 2.73. The molecule has 0 rings (SSSR count). The average Bonchev–Trinajstić information content (AvgIpc) is 2.74. The molecule has 0 unspecified atom stereocenters. The first-order chi connectivity index (χ1) is 14.9. The van der Waals surface area contributed by atoms with E-state index in [1.807, 2.05) is 6.08 Å². The van der Waals surface area contributed by atoms with Gasteiger partial charge in [-0.3, -0.25) is 9.15 Å². The smallest absolute Gasteiger partial charge is 0.228 e. The van der Waals surface area contributed by atoms with Gasteiger partial charge in [0.05, 0.1) is 0 Å². The SMILES string of the molecule is C=CC=CCC.CCC=CCC[SiH3].CCCC=CC[SiH3].C[SiH3].C[Si](C)(C)OO[Si](C)(C)C. The molecule has 0 N–H and O–H groups in total. The third kappa shape index (κ3) is 77.9. The van der Waals surface area contributed by atoms with E-state index in [4.69, 9.17) is 9.15 Å². The maximum Gasteiger partial charge on any atom is 0.228 e. The van der Waals surface area contributed by atoms with Crippen LogP contribution in [-0.4, -0.2) is 47.4 Å². The van der Waals surface area contributed by atoms with E-state index in [-0.39, 0.29) is 0 Å². The van der Waals surface area contributed by atoms with E-state index in [9.17, 15) is 0 Å². The number of hydrogen-bond donors (Lipinski definition) is 0. The van der Waals surface area contributed by atoms with Gasteiger partial charge in [-0.1, -0.05) is 88.9 Å². The Labute approximate surface area is 215 Å². The van der Waals surface area contributed by atoms with Gasteiger partial charge in [-0.25, -0.2) is 0 Å². The first kappa shape index (κ1) is 42.2. The fraction of sp³-hybridized carbons (Fsp3) is 0.680. The summed E-state index contributed by atoms with van der Waals surface area (Å²) < 4.78 is 10.6. The summed E-state index contributed by atoms with van der Waals surface area (Å²) in [4.78, 5) is 0. The van der Waals surface area contributed by atoms with Crippen LogP contribution < -0.4 is 0 Å². The summed E-state index contributed by atoms with van der Waals surface area (Å²) in [6.07, 6.45) is 21.0. The van der Waals surface area contributed by atoms with Crippen molar-refractivity contribution in [2.45, 2.75) is 111 Å². The third-order valence-electron chi connectivity index (χ3n) is 2.76. The van der Waals surface area contributed by atoms with Crippen LogP contribution in [0.15, 0.2) is 49.1 Å². The Hall–Kier alpha value is -0.0356. The molecule has 0 heterocycles. The summed E-state index contributed by atoms with van der Waals surface area (Å²) in [5.41, 5.74) is 0. The van der Waals surface area contributed by atoms with Crippen LogP contribution in [0.25, 0.3) is 0 Å². The Balaban J connectivity index is -0.000000100. The molecule has 0 spiro atoms. The zero-order valence-corrected chi connectivity index (χ0v) is 32.5. The fourth-order valence-corrected chi connectivity index (χ4v) is 4.05. The fourth-order valence-electron chi connectivity index (χ4n) is 1.38. The molecule has 0 saturated carbocycles. The Morgan fingerprint density at radius 3 is 1.38 bits per heavy atom. The second-order valence-electron chi connectivity index (χ2n) is 8.80. The van der Waals surface area contributed by atoms with Crippen LogP contribution in [0.5, 0.6) is 0 Å². The lowest BCUT2D eigenvalue weighted by molar-refractivity contribution is -0.122. The third-order valence-corrected chi connectivity index (χ3v) is 5.15. The molecule has 0 aliphatic rings. The zero-order valence-electron chi connectivity index (χ0n) is 24.5. The van der Waals surface area contributed by atoms with Gasteiger partial charge in [-0.15, -0.1) is 0 Å². The zero-order chi connectivity index (χ0) is 26.3. The quantitative estimate of drug-likeness (QED) is 0.100. The minimum absolute atomic E-state index is 1.10. The summed E-state index contributed by atoms with van der Waals surface area (Å²) in [5.74, 6) is 0. The Bertz CT molecular complexity index is 380. The monoisotopic (exact) mass is 534 g/mol. The molecule has 0 aromatic heterocycles. The number of unbranched alkanes of at least 4 members (excludes halogenated alkanes) is 1. The largest absolute Gasteiger partial charge is 0.298 e. The molecule has 32 heavy (non-hydrogen) atoms. The molecule has 0 bridgehead atoms. The molecule has 0 aromatic carbocycles. The number of hydrogen-bond acceptors (Lipinski definition) is 2. The van der Waals surface area contributed by atoms with Crippen molar-refractivity contribution >= 4 is 47.4 Å². The van der Waals surface area contributed by atoms with Crippen molar-refractivity contribution < 1.29 is 9.15 Å². The van der Waals surface area contributed by atoms with Gasteiger partial charge >= 0.3 is 0 Å². The van der Waals surface area contributed by atoms with E-state index >= 15 is 0 Å². The van der Waals surface area contributed by atoms with Crippen LogP contribution in [0.4, 0.5) is 0 Å². The molecule has 0 fully saturated rings. The highest BCUT2D eigenvalue weighted by Crippen LogP contribution is 2.09. The van der Waals surface area contributed by atoms with Crippen molar-refractivity contribution in [2.24, 2.45) is 0 Å². The van der Waals surface area contributed by atoms with E-state index in [1.54, 1.807) is 6.08 Å². The Morgan fingerprint density at radius 1 is 0.688 bits per heavy atom. The number of allylic oxidation sites excluding steroid dienone is 7. The van der Waals surface area contributed by atoms with E-state index in [1.165, 1.54) is 68.5 Å². The molecular weight excluding hydrogens is 473 g/mol. The summed E-state index contributed by atoms with van der Waals surface area (Å²) in [6.45, 7) is 24.8. The van der Waals surface area contributed by atoms with Crippen molar-refractivity contribution in [2.75, 3.05) is 0 Å². The second-order valence-corrected chi connectivity index (χ2v) is 19.4. The van der Waals surface area contributed by atoms with Crippen LogP contribution in [-0.2, 0) is 9.15 Å². The second kappa shape index (κ2) is 35.6. The van der Waals surface area contributed by atoms with Gasteiger partial charge in [0.15, 0.2) is 0 Å². The predicted octanol–water partition coefficient (Wildman–Crippen LogP) is 6.40. The molecule has 0 radical (unpaired) electrons. The molecule has 0 aliphatic carbocycles. The minimum Gasteiger partial charge on any atom is -0.298 e. The van der Waals surface area contributed by atoms with Crippen molar-refractivity contribution in [3.8, 4) is 0 Å². The predicted molar refractivity (Wildman–Crippen MR) is 172 cm³/mol. The normalized spacial score (nSPS) is 11.2. The summed E-state index contributed by atoms with van der Waals surface area (Å²) >= 11 is 0. The minimum atomic E-state index is -1.45. The van der Waals surface area contributed by atoms with Gasteiger partial charge in [0.2, 0.25) is 16.6 Å². The van der Waals surface area contributed by atoms with Crippen LogP contribution in [0.3, 0.4) is 0 Å². The maximum absolute atomic E-state index is 5.29. The summed E-state index contributed by atoms with van der Waals surface area (Å²) in [5, 5.41) is 0. The van der Waals surface area contributed by atoms with Crippen LogP contribution in [0, 0.1) is 0 Å². The lowest BCUT2D eigenvalue weighted by Gasteiger charge is -2.22. The average molecular weight is 535 g/mol. The van der Waals surface area contributed by atoms with E-state index in [0.29, 0.717) is 0 Å².